The number of thiophene rings is 1. The Labute approximate surface area is 162 Å². The molecule has 24 heavy (non-hydrogen) atoms. The highest BCUT2D eigenvalue weighted by molar-refractivity contribution is 14.0. The van der Waals surface area contributed by atoms with Crippen LogP contribution < -0.4 is 5.32 Å². The first-order valence-corrected chi connectivity index (χ1v) is 8.36. The van der Waals surface area contributed by atoms with Gasteiger partial charge in [-0.2, -0.15) is 0 Å². The van der Waals surface area contributed by atoms with Gasteiger partial charge in [0.05, 0.1) is 0 Å². The van der Waals surface area contributed by atoms with Crippen molar-refractivity contribution in [1.82, 2.24) is 10.2 Å². The maximum absolute atomic E-state index is 13.6. The fourth-order valence-electron chi connectivity index (χ4n) is 2.27. The van der Waals surface area contributed by atoms with Crippen molar-refractivity contribution in [3.05, 3.63) is 57.8 Å². The topological polar surface area (TPSA) is 27.6 Å². The molecule has 0 radical (unpaired) electrons. The molecule has 0 aliphatic heterocycles. The lowest BCUT2D eigenvalue weighted by molar-refractivity contribution is 0.486. The van der Waals surface area contributed by atoms with Crippen LogP contribution in [0.5, 0.6) is 0 Å². The molecule has 1 aromatic carbocycles. The summed E-state index contributed by atoms with van der Waals surface area (Å²) in [5.41, 5.74) is 0.370. The Hall–Kier alpha value is -1.22. The quantitative estimate of drug-likeness (QED) is 0.398. The van der Waals surface area contributed by atoms with E-state index < -0.39 is 5.82 Å². The molecular formula is C17H22F2IN3S. The van der Waals surface area contributed by atoms with Gasteiger partial charge in [0, 0.05) is 32.1 Å². The average Bonchev–Trinajstić information content (AvgIpc) is 3.06. The maximum Gasteiger partial charge on any atom is 0.193 e. The third-order valence-electron chi connectivity index (χ3n) is 3.53. The maximum atomic E-state index is 13.6. The number of guanidine groups is 1. The van der Waals surface area contributed by atoms with Crippen LogP contribution in [0.3, 0.4) is 0 Å². The van der Waals surface area contributed by atoms with Crippen molar-refractivity contribution >= 4 is 41.3 Å². The van der Waals surface area contributed by atoms with Crippen LogP contribution >= 0.6 is 35.3 Å². The Balaban J connectivity index is 0.00000288. The number of hydrogen-bond acceptors (Lipinski definition) is 2. The molecule has 2 aromatic rings. The highest BCUT2D eigenvalue weighted by atomic mass is 127. The van der Waals surface area contributed by atoms with Gasteiger partial charge in [-0.1, -0.05) is 6.07 Å². The number of aliphatic imine (C=N–C) groups is 1. The lowest BCUT2D eigenvalue weighted by Gasteiger charge is -2.21. The van der Waals surface area contributed by atoms with Gasteiger partial charge in [0.2, 0.25) is 0 Å². The zero-order valence-corrected chi connectivity index (χ0v) is 16.9. The second-order valence-electron chi connectivity index (χ2n) is 5.21. The molecule has 7 heteroatoms. The van der Waals surface area contributed by atoms with E-state index in [0.29, 0.717) is 18.5 Å². The van der Waals surface area contributed by atoms with Crippen LogP contribution in [0.15, 0.2) is 40.7 Å². The summed E-state index contributed by atoms with van der Waals surface area (Å²) in [7, 11) is 3.68. The molecule has 0 fully saturated rings. The second kappa shape index (κ2) is 10.6. The van der Waals surface area contributed by atoms with E-state index in [0.717, 1.165) is 31.1 Å². The predicted molar refractivity (Wildman–Crippen MR) is 107 cm³/mol. The number of nitrogens with one attached hydrogen (secondary N) is 1. The molecule has 0 unspecified atom stereocenters. The summed E-state index contributed by atoms with van der Waals surface area (Å²) < 4.78 is 26.7. The molecule has 0 aliphatic rings. The Morgan fingerprint density at radius 2 is 2.04 bits per heavy atom. The van der Waals surface area contributed by atoms with Gasteiger partial charge in [0.15, 0.2) is 5.96 Å². The summed E-state index contributed by atoms with van der Waals surface area (Å²) in [5, 5.41) is 5.25. The fraction of sp³-hybridized carbons (Fsp3) is 0.353. The van der Waals surface area contributed by atoms with E-state index in [1.807, 2.05) is 18.0 Å². The number of hydrogen-bond donors (Lipinski definition) is 1. The van der Waals surface area contributed by atoms with Crippen LogP contribution in [0, 0.1) is 11.6 Å². The van der Waals surface area contributed by atoms with E-state index >= 15 is 0 Å². The summed E-state index contributed by atoms with van der Waals surface area (Å²) in [6, 6.07) is 7.68. The Bertz CT molecular complexity index is 647. The van der Waals surface area contributed by atoms with Crippen LogP contribution in [-0.4, -0.2) is 38.0 Å². The molecule has 0 bridgehead atoms. The molecule has 1 N–H and O–H groups in total. The number of likely N-dealkylation sites (N-methyl/N-ethyl adjacent to an activating group) is 1. The SMILES string of the molecule is CN=C(NCCc1cc(F)ccc1F)N(C)CCc1cccs1.I. The molecule has 3 nitrogen and oxygen atoms in total. The van der Waals surface area contributed by atoms with Gasteiger partial charge in [0.25, 0.3) is 0 Å². The van der Waals surface area contributed by atoms with Gasteiger partial charge in [0.1, 0.15) is 11.6 Å². The first-order chi connectivity index (χ1) is 11.1. The highest BCUT2D eigenvalue weighted by Crippen LogP contribution is 2.10. The number of benzene rings is 1. The fourth-order valence-corrected chi connectivity index (χ4v) is 2.97. The van der Waals surface area contributed by atoms with Crippen molar-refractivity contribution in [3.8, 4) is 0 Å². The predicted octanol–water partition coefficient (Wildman–Crippen LogP) is 3.94. The Morgan fingerprint density at radius 1 is 1.25 bits per heavy atom. The summed E-state index contributed by atoms with van der Waals surface area (Å²) in [6.45, 7) is 1.34. The van der Waals surface area contributed by atoms with E-state index in [1.165, 1.54) is 10.9 Å². The van der Waals surface area contributed by atoms with Gasteiger partial charge >= 0.3 is 0 Å². The molecule has 0 amide bonds. The third-order valence-corrected chi connectivity index (χ3v) is 4.47. The summed E-state index contributed by atoms with van der Waals surface area (Å²) in [5.74, 6) is -0.0496. The van der Waals surface area contributed by atoms with E-state index in [1.54, 1.807) is 18.4 Å². The third kappa shape index (κ3) is 6.35. The van der Waals surface area contributed by atoms with Crippen LogP contribution in [0.4, 0.5) is 8.78 Å². The Morgan fingerprint density at radius 3 is 2.71 bits per heavy atom. The summed E-state index contributed by atoms with van der Waals surface area (Å²) in [4.78, 5) is 7.58. The van der Waals surface area contributed by atoms with Crippen LogP contribution in [0.1, 0.15) is 10.4 Å². The molecule has 2 rings (SSSR count). The van der Waals surface area contributed by atoms with Gasteiger partial charge in [-0.15, -0.1) is 35.3 Å². The number of nitrogens with zero attached hydrogens (tertiary/aromatic N) is 2. The minimum Gasteiger partial charge on any atom is -0.356 e. The summed E-state index contributed by atoms with van der Waals surface area (Å²) in [6.07, 6.45) is 1.36. The zero-order valence-electron chi connectivity index (χ0n) is 13.8. The van der Waals surface area contributed by atoms with Crippen molar-refractivity contribution in [2.24, 2.45) is 4.99 Å². The largest absolute Gasteiger partial charge is 0.356 e. The molecule has 1 aromatic heterocycles. The van der Waals surface area contributed by atoms with Crippen molar-refractivity contribution in [3.63, 3.8) is 0 Å². The van der Waals surface area contributed by atoms with E-state index in [4.69, 9.17) is 0 Å². The smallest absolute Gasteiger partial charge is 0.193 e. The molecule has 0 saturated heterocycles. The lowest BCUT2D eigenvalue weighted by atomic mass is 10.1. The molecule has 1 heterocycles. The van der Waals surface area contributed by atoms with Crippen LogP contribution in [0.2, 0.25) is 0 Å². The van der Waals surface area contributed by atoms with Gasteiger partial charge < -0.3 is 10.2 Å². The van der Waals surface area contributed by atoms with Gasteiger partial charge in [-0.05, 0) is 48.1 Å². The number of halogens is 3. The van der Waals surface area contributed by atoms with Crippen molar-refractivity contribution in [2.75, 3.05) is 27.2 Å². The second-order valence-corrected chi connectivity index (χ2v) is 6.24. The van der Waals surface area contributed by atoms with Crippen LogP contribution in [-0.2, 0) is 12.8 Å². The molecule has 0 aliphatic carbocycles. The van der Waals surface area contributed by atoms with E-state index in [-0.39, 0.29) is 29.8 Å². The first kappa shape index (κ1) is 20.8. The van der Waals surface area contributed by atoms with Gasteiger partial charge in [-0.25, -0.2) is 8.78 Å². The molecule has 0 spiro atoms. The van der Waals surface area contributed by atoms with Gasteiger partial charge in [-0.3, -0.25) is 4.99 Å². The monoisotopic (exact) mass is 465 g/mol. The molecule has 0 atom stereocenters. The van der Waals surface area contributed by atoms with E-state index in [2.05, 4.69) is 21.8 Å². The van der Waals surface area contributed by atoms with Crippen molar-refractivity contribution < 1.29 is 8.78 Å². The minimum absolute atomic E-state index is 0. The van der Waals surface area contributed by atoms with Crippen LogP contribution in [0.25, 0.3) is 0 Å². The van der Waals surface area contributed by atoms with Crippen molar-refractivity contribution in [1.29, 1.82) is 0 Å². The summed E-state index contributed by atoms with van der Waals surface area (Å²) >= 11 is 1.74. The van der Waals surface area contributed by atoms with Crippen molar-refractivity contribution in [2.45, 2.75) is 12.8 Å². The first-order valence-electron chi connectivity index (χ1n) is 7.48. The molecule has 0 saturated carbocycles. The zero-order chi connectivity index (χ0) is 16.7. The van der Waals surface area contributed by atoms with E-state index in [9.17, 15) is 8.78 Å². The standard InChI is InChI=1S/C17H21F2N3S.HI/c1-20-17(22(2)10-8-15-4-3-11-23-15)21-9-7-13-12-14(18)5-6-16(13)19;/h3-6,11-12H,7-10H2,1-2H3,(H,20,21);1H. The normalized spacial score (nSPS) is 11.1. The molecule has 132 valence electrons. The highest BCUT2D eigenvalue weighted by Gasteiger charge is 2.08. The Kier molecular flexibility index (Phi) is 9.20. The molecular weight excluding hydrogens is 443 g/mol. The minimum atomic E-state index is -0.418. The average molecular weight is 465 g/mol. The lowest BCUT2D eigenvalue weighted by Crippen LogP contribution is -2.40. The number of rotatable bonds is 6.